The number of nitriles is 1. The molecular weight excluding hydrogens is 252 g/mol. The Morgan fingerprint density at radius 2 is 2.05 bits per heavy atom. The number of benzene rings is 1. The minimum Gasteiger partial charge on any atom is -0.319 e. The van der Waals surface area contributed by atoms with E-state index in [1.54, 1.807) is 30.3 Å². The average Bonchev–Trinajstić information content (AvgIpc) is 2.77. The van der Waals surface area contributed by atoms with Crippen molar-refractivity contribution in [2.75, 3.05) is 5.32 Å². The molecule has 0 spiro atoms. The predicted octanol–water partition coefficient (Wildman–Crippen LogP) is 2.55. The van der Waals surface area contributed by atoms with Crippen LogP contribution in [-0.4, -0.2) is 16.1 Å². The van der Waals surface area contributed by atoms with E-state index in [1.807, 2.05) is 19.9 Å². The Morgan fingerprint density at radius 3 is 2.60 bits per heavy atom. The number of amides is 1. The monoisotopic (exact) mass is 266 g/mol. The van der Waals surface area contributed by atoms with E-state index in [0.717, 1.165) is 17.0 Å². The number of rotatable bonds is 3. The predicted molar refractivity (Wildman–Crippen MR) is 76.9 cm³/mol. The summed E-state index contributed by atoms with van der Waals surface area (Å²) >= 11 is 0. The van der Waals surface area contributed by atoms with Crippen molar-refractivity contribution in [3.63, 3.8) is 0 Å². The molecule has 0 bridgehead atoms. The smallest absolute Gasteiger partial charge is 0.248 e. The number of hydrogen-bond acceptors (Lipinski definition) is 3. The molecule has 0 fully saturated rings. The van der Waals surface area contributed by atoms with Gasteiger partial charge < -0.3 is 5.32 Å². The van der Waals surface area contributed by atoms with E-state index in [4.69, 9.17) is 5.26 Å². The van der Waals surface area contributed by atoms with E-state index >= 15 is 0 Å². The molecule has 5 heteroatoms. The van der Waals surface area contributed by atoms with Gasteiger partial charge >= 0.3 is 0 Å². The molecule has 1 aromatic carbocycles. The third kappa shape index (κ3) is 3.12. The summed E-state index contributed by atoms with van der Waals surface area (Å²) in [5.74, 6) is -0.220. The van der Waals surface area contributed by atoms with E-state index in [2.05, 4.69) is 15.5 Å². The molecule has 2 rings (SSSR count). The molecule has 1 aromatic heterocycles. The highest BCUT2D eigenvalue weighted by Crippen LogP contribution is 2.16. The zero-order valence-electron chi connectivity index (χ0n) is 11.3. The summed E-state index contributed by atoms with van der Waals surface area (Å²) in [6.45, 7) is 3.67. The van der Waals surface area contributed by atoms with Crippen LogP contribution in [0.4, 0.5) is 5.69 Å². The SMILES string of the molecule is Cc1n[nH]c(C)c1NC(=O)/C=C/c1ccc(C#N)cc1. The standard InChI is InChI=1S/C15H14N4O/c1-10-15(11(2)19-18-10)17-14(20)8-7-12-3-5-13(9-16)6-4-12/h3-8H,1-2H3,(H,17,20)(H,18,19)/b8-7+. The first-order chi connectivity index (χ1) is 9.60. The van der Waals surface area contributed by atoms with Crippen LogP contribution in [0, 0.1) is 25.2 Å². The van der Waals surface area contributed by atoms with Crippen molar-refractivity contribution in [2.45, 2.75) is 13.8 Å². The van der Waals surface area contributed by atoms with Crippen LogP contribution in [0.5, 0.6) is 0 Å². The Morgan fingerprint density at radius 1 is 1.35 bits per heavy atom. The van der Waals surface area contributed by atoms with E-state index < -0.39 is 0 Å². The number of nitrogens with one attached hydrogen (secondary N) is 2. The number of nitrogens with zero attached hydrogens (tertiary/aromatic N) is 2. The molecular formula is C15H14N4O. The van der Waals surface area contributed by atoms with Crippen molar-refractivity contribution in [1.82, 2.24) is 10.2 Å². The molecule has 0 saturated heterocycles. The van der Waals surface area contributed by atoms with Crippen LogP contribution < -0.4 is 5.32 Å². The number of carbonyl (C=O) groups excluding carboxylic acids is 1. The largest absolute Gasteiger partial charge is 0.319 e. The molecule has 0 atom stereocenters. The lowest BCUT2D eigenvalue weighted by atomic mass is 10.1. The van der Waals surface area contributed by atoms with Gasteiger partial charge in [-0.3, -0.25) is 9.89 Å². The van der Waals surface area contributed by atoms with Gasteiger partial charge in [-0.05, 0) is 37.6 Å². The van der Waals surface area contributed by atoms with Crippen LogP contribution in [0.1, 0.15) is 22.5 Å². The van der Waals surface area contributed by atoms with Gasteiger partial charge in [0.1, 0.15) is 0 Å². The lowest BCUT2D eigenvalue weighted by Gasteiger charge is -2.01. The molecule has 2 aromatic rings. The van der Waals surface area contributed by atoms with Gasteiger partial charge in [0.15, 0.2) is 0 Å². The van der Waals surface area contributed by atoms with Crippen LogP contribution >= 0.6 is 0 Å². The molecule has 0 unspecified atom stereocenters. The molecule has 20 heavy (non-hydrogen) atoms. The van der Waals surface area contributed by atoms with Gasteiger partial charge in [0, 0.05) is 6.08 Å². The first-order valence-electron chi connectivity index (χ1n) is 6.11. The van der Waals surface area contributed by atoms with Gasteiger partial charge in [0.05, 0.1) is 28.7 Å². The van der Waals surface area contributed by atoms with Gasteiger partial charge in [-0.15, -0.1) is 0 Å². The Bertz CT molecular complexity index is 670. The quantitative estimate of drug-likeness (QED) is 0.837. The zero-order valence-corrected chi connectivity index (χ0v) is 11.3. The van der Waals surface area contributed by atoms with Crippen molar-refractivity contribution in [3.05, 3.63) is 52.9 Å². The van der Waals surface area contributed by atoms with E-state index in [9.17, 15) is 4.79 Å². The summed E-state index contributed by atoms with van der Waals surface area (Å²) in [6.07, 6.45) is 3.15. The molecule has 0 aliphatic rings. The molecule has 2 N–H and O–H groups in total. The fourth-order valence-electron chi connectivity index (χ4n) is 1.74. The fourth-order valence-corrected chi connectivity index (χ4v) is 1.74. The minimum atomic E-state index is -0.220. The molecule has 1 amide bonds. The first kappa shape index (κ1) is 13.6. The summed E-state index contributed by atoms with van der Waals surface area (Å²) in [7, 11) is 0. The van der Waals surface area contributed by atoms with Crippen molar-refractivity contribution in [3.8, 4) is 6.07 Å². The van der Waals surface area contributed by atoms with Gasteiger partial charge in [-0.1, -0.05) is 12.1 Å². The van der Waals surface area contributed by atoms with Gasteiger partial charge in [-0.25, -0.2) is 0 Å². The molecule has 0 saturated carbocycles. The van der Waals surface area contributed by atoms with Crippen LogP contribution in [-0.2, 0) is 4.79 Å². The fraction of sp³-hybridized carbons (Fsp3) is 0.133. The zero-order chi connectivity index (χ0) is 14.5. The molecule has 0 aliphatic carbocycles. The van der Waals surface area contributed by atoms with E-state index in [1.165, 1.54) is 6.08 Å². The van der Waals surface area contributed by atoms with Crippen LogP contribution in [0.25, 0.3) is 6.08 Å². The summed E-state index contributed by atoms with van der Waals surface area (Å²) in [5, 5.41) is 18.3. The molecule has 5 nitrogen and oxygen atoms in total. The van der Waals surface area contributed by atoms with Gasteiger partial charge in [0.2, 0.25) is 5.91 Å². The number of H-pyrrole nitrogens is 1. The Labute approximate surface area is 116 Å². The van der Waals surface area contributed by atoms with Crippen molar-refractivity contribution >= 4 is 17.7 Å². The van der Waals surface area contributed by atoms with Gasteiger partial charge in [-0.2, -0.15) is 10.4 Å². The Balaban J connectivity index is 2.04. The first-order valence-corrected chi connectivity index (χ1v) is 6.11. The third-order valence-electron chi connectivity index (χ3n) is 2.84. The lowest BCUT2D eigenvalue weighted by molar-refractivity contribution is -0.111. The highest BCUT2D eigenvalue weighted by molar-refractivity contribution is 6.02. The molecule has 100 valence electrons. The maximum Gasteiger partial charge on any atom is 0.248 e. The summed E-state index contributed by atoms with van der Waals surface area (Å²) in [6, 6.07) is 9.04. The average molecular weight is 266 g/mol. The van der Waals surface area contributed by atoms with Crippen LogP contribution in [0.3, 0.4) is 0 Å². The summed E-state index contributed by atoms with van der Waals surface area (Å²) < 4.78 is 0. The molecule has 0 radical (unpaired) electrons. The molecule has 0 aliphatic heterocycles. The Kier molecular flexibility index (Phi) is 3.96. The van der Waals surface area contributed by atoms with Crippen molar-refractivity contribution in [1.29, 1.82) is 5.26 Å². The number of aromatic nitrogens is 2. The second-order valence-electron chi connectivity index (χ2n) is 4.37. The second kappa shape index (κ2) is 5.85. The minimum absolute atomic E-state index is 0.220. The Hall–Kier alpha value is -2.87. The maximum atomic E-state index is 11.8. The summed E-state index contributed by atoms with van der Waals surface area (Å²) in [4.78, 5) is 11.8. The second-order valence-corrected chi connectivity index (χ2v) is 4.37. The topological polar surface area (TPSA) is 81.6 Å². The number of aromatic amines is 1. The van der Waals surface area contributed by atoms with Crippen LogP contribution in [0.2, 0.25) is 0 Å². The van der Waals surface area contributed by atoms with E-state index in [-0.39, 0.29) is 5.91 Å². The molecule has 1 heterocycles. The highest BCUT2D eigenvalue weighted by atomic mass is 16.1. The number of aryl methyl sites for hydroxylation is 2. The maximum absolute atomic E-state index is 11.8. The third-order valence-corrected chi connectivity index (χ3v) is 2.84. The van der Waals surface area contributed by atoms with Crippen molar-refractivity contribution in [2.24, 2.45) is 0 Å². The normalized spacial score (nSPS) is 10.4. The number of anilines is 1. The number of carbonyl (C=O) groups is 1. The summed E-state index contributed by atoms with van der Waals surface area (Å²) in [5.41, 5.74) is 3.74. The van der Waals surface area contributed by atoms with Gasteiger partial charge in [0.25, 0.3) is 0 Å². The lowest BCUT2D eigenvalue weighted by Crippen LogP contribution is -2.09. The van der Waals surface area contributed by atoms with Crippen LogP contribution in [0.15, 0.2) is 30.3 Å². The number of hydrogen-bond donors (Lipinski definition) is 2. The highest BCUT2D eigenvalue weighted by Gasteiger charge is 2.07. The van der Waals surface area contributed by atoms with E-state index in [0.29, 0.717) is 11.3 Å². The van der Waals surface area contributed by atoms with Crippen molar-refractivity contribution < 1.29 is 4.79 Å².